The third kappa shape index (κ3) is 3.56. The van der Waals surface area contributed by atoms with Crippen molar-refractivity contribution in [3.63, 3.8) is 0 Å². The Morgan fingerprint density at radius 3 is 2.57 bits per heavy atom. The van der Waals surface area contributed by atoms with Gasteiger partial charge in [0.05, 0.1) is 11.0 Å². The number of fused-ring (bicyclic) bond motifs is 1. The molecule has 2 aromatic carbocycles. The molecule has 0 N–H and O–H groups in total. The highest BCUT2D eigenvalue weighted by molar-refractivity contribution is 5.96. The fraction of sp³-hybridized carbons (Fsp3) is 0.417. The molecule has 0 radical (unpaired) electrons. The van der Waals surface area contributed by atoms with E-state index in [4.69, 9.17) is 4.98 Å². The molecule has 3 aromatic rings. The molecule has 28 heavy (non-hydrogen) atoms. The van der Waals surface area contributed by atoms with Crippen LogP contribution in [0.5, 0.6) is 0 Å². The van der Waals surface area contributed by atoms with Crippen LogP contribution in [0.2, 0.25) is 0 Å². The molecule has 146 valence electrons. The van der Waals surface area contributed by atoms with Crippen LogP contribution in [0.4, 0.5) is 5.69 Å². The van der Waals surface area contributed by atoms with Gasteiger partial charge in [-0.3, -0.25) is 4.79 Å². The lowest BCUT2D eigenvalue weighted by Gasteiger charge is -2.18. The Bertz CT molecular complexity index is 971. The first-order chi connectivity index (χ1) is 13.6. The summed E-state index contributed by atoms with van der Waals surface area (Å²) >= 11 is 0. The van der Waals surface area contributed by atoms with E-state index in [1.807, 2.05) is 11.0 Å². The largest absolute Gasteiger partial charge is 0.328 e. The molecule has 1 amide bonds. The van der Waals surface area contributed by atoms with Gasteiger partial charge in [-0.05, 0) is 48.6 Å². The Balaban J connectivity index is 1.64. The molecule has 1 aromatic heterocycles. The fourth-order valence-corrected chi connectivity index (χ4v) is 4.07. The van der Waals surface area contributed by atoms with Crippen LogP contribution in [0.1, 0.15) is 50.9 Å². The molecule has 0 bridgehead atoms. The van der Waals surface area contributed by atoms with Gasteiger partial charge in [0, 0.05) is 31.1 Å². The van der Waals surface area contributed by atoms with Crippen molar-refractivity contribution in [3.8, 4) is 0 Å². The van der Waals surface area contributed by atoms with E-state index in [1.54, 1.807) is 0 Å². The van der Waals surface area contributed by atoms with E-state index in [0.717, 1.165) is 36.4 Å². The summed E-state index contributed by atoms with van der Waals surface area (Å²) in [6.45, 7) is 8.30. The van der Waals surface area contributed by atoms with Gasteiger partial charge in [0.1, 0.15) is 5.82 Å². The lowest BCUT2D eigenvalue weighted by molar-refractivity contribution is -0.117. The minimum atomic E-state index is 0.137. The van der Waals surface area contributed by atoms with Gasteiger partial charge in [0.2, 0.25) is 5.91 Å². The summed E-state index contributed by atoms with van der Waals surface area (Å²) in [5, 5.41) is 0. The van der Waals surface area contributed by atoms with Gasteiger partial charge < -0.3 is 9.47 Å². The van der Waals surface area contributed by atoms with Crippen LogP contribution in [0, 0.1) is 5.92 Å². The predicted molar refractivity (Wildman–Crippen MR) is 115 cm³/mol. The van der Waals surface area contributed by atoms with Crippen LogP contribution in [0.15, 0.2) is 48.5 Å². The monoisotopic (exact) mass is 375 g/mol. The Hall–Kier alpha value is -2.62. The maximum absolute atomic E-state index is 12.8. The van der Waals surface area contributed by atoms with Crippen molar-refractivity contribution in [2.75, 3.05) is 11.4 Å². The van der Waals surface area contributed by atoms with Gasteiger partial charge in [-0.2, -0.15) is 0 Å². The molecule has 4 nitrogen and oxygen atoms in total. The number of nitrogens with zero attached hydrogens (tertiary/aromatic N) is 3. The molecule has 4 rings (SSSR count). The number of imidazole rings is 1. The predicted octanol–water partition coefficient (Wildman–Crippen LogP) is 5.17. The van der Waals surface area contributed by atoms with Crippen molar-refractivity contribution in [1.82, 2.24) is 9.55 Å². The summed E-state index contributed by atoms with van der Waals surface area (Å²) in [6, 6.07) is 16.7. The number of amides is 1. The van der Waals surface area contributed by atoms with E-state index < -0.39 is 0 Å². The average molecular weight is 376 g/mol. The molecule has 1 atom stereocenters. The standard InChI is InChI=1S/C24H29N3O/c1-4-18-9-11-20(12-10-18)27-16-19(15-23(27)28)24-25-21-7-5-6-8-22(21)26(24)14-13-17(2)3/h5-12,17,19H,4,13-16H2,1-3H3/t19-/m1/s1. The van der Waals surface area contributed by atoms with Gasteiger partial charge in [-0.15, -0.1) is 0 Å². The summed E-state index contributed by atoms with van der Waals surface area (Å²) in [5.74, 6) is 2.02. The van der Waals surface area contributed by atoms with Crippen molar-refractivity contribution < 1.29 is 4.79 Å². The van der Waals surface area contributed by atoms with E-state index in [9.17, 15) is 4.79 Å². The van der Waals surface area contributed by atoms with Crippen molar-refractivity contribution in [1.29, 1.82) is 0 Å². The Morgan fingerprint density at radius 2 is 1.86 bits per heavy atom. The number of anilines is 1. The Labute approximate surface area is 167 Å². The number of carbonyl (C=O) groups is 1. The average Bonchev–Trinajstić information content (AvgIpc) is 3.27. The quantitative estimate of drug-likeness (QED) is 0.596. The highest BCUT2D eigenvalue weighted by Gasteiger charge is 2.34. The third-order valence-corrected chi connectivity index (χ3v) is 5.76. The van der Waals surface area contributed by atoms with Crippen molar-refractivity contribution in [2.24, 2.45) is 5.92 Å². The molecule has 4 heteroatoms. The molecule has 1 aliphatic rings. The van der Waals surface area contributed by atoms with Gasteiger partial charge in [0.25, 0.3) is 0 Å². The maximum atomic E-state index is 12.8. The number of rotatable bonds is 6. The van der Waals surface area contributed by atoms with Gasteiger partial charge >= 0.3 is 0 Å². The molecule has 0 spiro atoms. The van der Waals surface area contributed by atoms with E-state index in [1.165, 1.54) is 11.1 Å². The zero-order valence-electron chi connectivity index (χ0n) is 17.1. The minimum absolute atomic E-state index is 0.137. The van der Waals surface area contributed by atoms with Gasteiger partial charge in [0.15, 0.2) is 0 Å². The summed E-state index contributed by atoms with van der Waals surface area (Å²) in [5.41, 5.74) is 4.49. The van der Waals surface area contributed by atoms with Crippen molar-refractivity contribution in [3.05, 3.63) is 59.9 Å². The molecule has 1 saturated heterocycles. The molecule has 0 aliphatic carbocycles. The van der Waals surface area contributed by atoms with E-state index in [0.29, 0.717) is 18.9 Å². The maximum Gasteiger partial charge on any atom is 0.227 e. The molecule has 0 saturated carbocycles. The molecule has 1 fully saturated rings. The second-order valence-electron chi connectivity index (χ2n) is 8.22. The highest BCUT2D eigenvalue weighted by Crippen LogP contribution is 2.33. The topological polar surface area (TPSA) is 38.1 Å². The van der Waals surface area contributed by atoms with Crippen LogP contribution in [-0.2, 0) is 17.8 Å². The summed E-state index contributed by atoms with van der Waals surface area (Å²) in [7, 11) is 0. The number of hydrogen-bond acceptors (Lipinski definition) is 2. The number of aromatic nitrogens is 2. The highest BCUT2D eigenvalue weighted by atomic mass is 16.2. The summed E-state index contributed by atoms with van der Waals surface area (Å²) < 4.78 is 2.34. The number of benzene rings is 2. The van der Waals surface area contributed by atoms with Crippen LogP contribution in [0.3, 0.4) is 0 Å². The van der Waals surface area contributed by atoms with Crippen molar-refractivity contribution in [2.45, 2.75) is 52.5 Å². The first-order valence-corrected chi connectivity index (χ1v) is 10.4. The first-order valence-electron chi connectivity index (χ1n) is 10.4. The van der Waals surface area contributed by atoms with Crippen LogP contribution in [-0.4, -0.2) is 22.0 Å². The molecular weight excluding hydrogens is 346 g/mol. The fourth-order valence-electron chi connectivity index (χ4n) is 4.07. The van der Waals surface area contributed by atoms with Gasteiger partial charge in [-0.25, -0.2) is 4.98 Å². The van der Waals surface area contributed by atoms with Crippen LogP contribution in [0.25, 0.3) is 11.0 Å². The molecule has 1 aliphatic heterocycles. The van der Waals surface area contributed by atoms with Crippen LogP contribution >= 0.6 is 0 Å². The molecule has 0 unspecified atom stereocenters. The van der Waals surface area contributed by atoms with Crippen molar-refractivity contribution >= 4 is 22.6 Å². The second-order valence-corrected chi connectivity index (χ2v) is 8.22. The molecule has 2 heterocycles. The van der Waals surface area contributed by atoms with E-state index in [2.05, 4.69) is 67.8 Å². The Morgan fingerprint density at radius 1 is 1.11 bits per heavy atom. The normalized spacial score (nSPS) is 17.2. The zero-order valence-corrected chi connectivity index (χ0v) is 17.1. The number of hydrogen-bond donors (Lipinski definition) is 0. The SMILES string of the molecule is CCc1ccc(N2C[C@H](c3nc4ccccc4n3CCC(C)C)CC2=O)cc1. The van der Waals surface area contributed by atoms with E-state index >= 15 is 0 Å². The summed E-state index contributed by atoms with van der Waals surface area (Å²) in [4.78, 5) is 19.7. The summed E-state index contributed by atoms with van der Waals surface area (Å²) in [6.07, 6.45) is 2.65. The van der Waals surface area contributed by atoms with Gasteiger partial charge in [-0.1, -0.05) is 45.0 Å². The second kappa shape index (κ2) is 7.78. The van der Waals surface area contributed by atoms with E-state index in [-0.39, 0.29) is 11.8 Å². The third-order valence-electron chi connectivity index (χ3n) is 5.76. The zero-order chi connectivity index (χ0) is 19.7. The smallest absolute Gasteiger partial charge is 0.227 e. The number of para-hydroxylation sites is 2. The molecular formula is C24H29N3O. The lowest BCUT2D eigenvalue weighted by Crippen LogP contribution is -2.24. The Kier molecular flexibility index (Phi) is 5.21. The lowest BCUT2D eigenvalue weighted by atomic mass is 10.1. The number of carbonyl (C=O) groups excluding carboxylic acids is 1. The minimum Gasteiger partial charge on any atom is -0.328 e. The number of aryl methyl sites for hydroxylation is 2. The first kappa shape index (κ1) is 18.7. The van der Waals surface area contributed by atoms with Crippen LogP contribution < -0.4 is 4.90 Å².